The van der Waals surface area contributed by atoms with Crippen LogP contribution in [0, 0.1) is 0 Å². The summed E-state index contributed by atoms with van der Waals surface area (Å²) in [6.07, 6.45) is 0. The molecule has 0 spiro atoms. The summed E-state index contributed by atoms with van der Waals surface area (Å²) in [5, 5.41) is 12.1. The highest BCUT2D eigenvalue weighted by molar-refractivity contribution is 7.22. The second-order valence-corrected chi connectivity index (χ2v) is 6.81. The van der Waals surface area contributed by atoms with Crippen molar-refractivity contribution in [3.8, 4) is 0 Å². The van der Waals surface area contributed by atoms with Gasteiger partial charge in [-0.05, 0) is 30.3 Å². The molecule has 0 unspecified atom stereocenters. The monoisotopic (exact) mass is 338 g/mol. The molecule has 0 radical (unpaired) electrons. The minimum absolute atomic E-state index is 0.189. The molecular formula is C13H7ClN2O3S2. The number of benzene rings is 1. The third-order valence-electron chi connectivity index (χ3n) is 2.65. The predicted octanol–water partition coefficient (Wildman–Crippen LogP) is 3.96. The van der Waals surface area contributed by atoms with Crippen molar-refractivity contribution in [2.75, 3.05) is 5.32 Å². The molecule has 0 saturated carbocycles. The van der Waals surface area contributed by atoms with E-state index in [0.29, 0.717) is 24.6 Å². The average molecular weight is 339 g/mol. The molecule has 0 fully saturated rings. The zero-order valence-corrected chi connectivity index (χ0v) is 12.7. The smallest absolute Gasteiger partial charge is 0.335 e. The van der Waals surface area contributed by atoms with Gasteiger partial charge in [-0.1, -0.05) is 22.9 Å². The number of carbonyl (C=O) groups excluding carboxylic acids is 1. The van der Waals surface area contributed by atoms with E-state index < -0.39 is 5.97 Å². The van der Waals surface area contributed by atoms with E-state index in [2.05, 4.69) is 10.3 Å². The van der Waals surface area contributed by atoms with Gasteiger partial charge < -0.3 is 5.11 Å². The third-order valence-corrected chi connectivity index (χ3v) is 4.82. The number of thiophene rings is 1. The number of carboxylic acids is 1. The van der Waals surface area contributed by atoms with Crippen molar-refractivity contribution in [1.82, 2.24) is 4.98 Å². The lowest BCUT2D eigenvalue weighted by Gasteiger charge is -1.96. The zero-order valence-electron chi connectivity index (χ0n) is 10.3. The van der Waals surface area contributed by atoms with Crippen molar-refractivity contribution in [3.63, 3.8) is 0 Å². The highest BCUT2D eigenvalue weighted by Crippen LogP contribution is 2.28. The number of thiazole rings is 1. The van der Waals surface area contributed by atoms with Crippen LogP contribution in [0.3, 0.4) is 0 Å². The molecule has 0 aliphatic rings. The normalized spacial score (nSPS) is 10.7. The van der Waals surface area contributed by atoms with Gasteiger partial charge in [-0.25, -0.2) is 9.78 Å². The van der Waals surface area contributed by atoms with Crippen molar-refractivity contribution >= 4 is 61.5 Å². The standard InChI is InChI=1S/C13H7ClN2O3S2/c14-10-4-3-8(20-10)11(17)16-13-15-7-2-1-6(12(18)19)5-9(7)21-13/h1-5H,(H,18,19)(H,15,16,17). The summed E-state index contributed by atoms with van der Waals surface area (Å²) in [5.41, 5.74) is 0.832. The lowest BCUT2D eigenvalue weighted by Crippen LogP contribution is -2.09. The van der Waals surface area contributed by atoms with Gasteiger partial charge >= 0.3 is 5.97 Å². The summed E-state index contributed by atoms with van der Waals surface area (Å²) in [7, 11) is 0. The molecule has 3 aromatic rings. The number of hydrogen-bond donors (Lipinski definition) is 2. The molecule has 0 atom stereocenters. The Morgan fingerprint density at radius 3 is 2.67 bits per heavy atom. The Hall–Kier alpha value is -1.96. The number of carbonyl (C=O) groups is 2. The first-order valence-electron chi connectivity index (χ1n) is 5.73. The van der Waals surface area contributed by atoms with E-state index in [0.717, 1.165) is 0 Å². The molecule has 2 heterocycles. The number of anilines is 1. The summed E-state index contributed by atoms with van der Waals surface area (Å²) in [6.45, 7) is 0. The molecular weight excluding hydrogens is 332 g/mol. The molecule has 2 aromatic heterocycles. The Balaban J connectivity index is 1.87. The highest BCUT2D eigenvalue weighted by atomic mass is 35.5. The van der Waals surface area contributed by atoms with Crippen molar-refractivity contribution < 1.29 is 14.7 Å². The first kappa shape index (κ1) is 14.0. The second kappa shape index (κ2) is 5.44. The average Bonchev–Trinajstić information content (AvgIpc) is 3.03. The van der Waals surface area contributed by atoms with E-state index in [1.807, 2.05) is 0 Å². The van der Waals surface area contributed by atoms with Crippen LogP contribution < -0.4 is 5.32 Å². The Morgan fingerprint density at radius 2 is 2.00 bits per heavy atom. The van der Waals surface area contributed by atoms with E-state index in [1.54, 1.807) is 18.2 Å². The largest absolute Gasteiger partial charge is 0.478 e. The van der Waals surface area contributed by atoms with Crippen LogP contribution >= 0.6 is 34.3 Å². The number of hydrogen-bond acceptors (Lipinski definition) is 5. The SMILES string of the molecule is O=C(O)c1ccc2nc(NC(=O)c3ccc(Cl)s3)sc2c1. The van der Waals surface area contributed by atoms with E-state index in [9.17, 15) is 9.59 Å². The number of carboxylic acid groups (broad SMARTS) is 1. The number of fused-ring (bicyclic) bond motifs is 1. The molecule has 0 bridgehead atoms. The van der Waals surface area contributed by atoms with Crippen molar-refractivity contribution in [2.45, 2.75) is 0 Å². The number of nitrogens with one attached hydrogen (secondary N) is 1. The second-order valence-electron chi connectivity index (χ2n) is 4.06. The lowest BCUT2D eigenvalue weighted by molar-refractivity contribution is 0.0697. The summed E-state index contributed by atoms with van der Waals surface area (Å²) >= 11 is 8.19. The Labute approximate surface area is 131 Å². The minimum atomic E-state index is -0.996. The van der Waals surface area contributed by atoms with E-state index in [4.69, 9.17) is 16.7 Å². The number of aromatic nitrogens is 1. The van der Waals surface area contributed by atoms with Crippen molar-refractivity contribution in [1.29, 1.82) is 0 Å². The summed E-state index contributed by atoms with van der Waals surface area (Å²) in [4.78, 5) is 27.7. The van der Waals surface area contributed by atoms with Crippen molar-refractivity contribution in [2.24, 2.45) is 0 Å². The van der Waals surface area contributed by atoms with Gasteiger partial charge in [0.15, 0.2) is 5.13 Å². The number of nitrogens with zero attached hydrogens (tertiary/aromatic N) is 1. The van der Waals surface area contributed by atoms with Gasteiger partial charge in [-0.2, -0.15) is 0 Å². The molecule has 0 aliphatic carbocycles. The lowest BCUT2D eigenvalue weighted by atomic mass is 10.2. The van der Waals surface area contributed by atoms with E-state index in [1.165, 1.54) is 34.8 Å². The Kier molecular flexibility index (Phi) is 3.62. The molecule has 106 valence electrons. The fourth-order valence-corrected chi connectivity index (χ4v) is 3.54. The fourth-order valence-electron chi connectivity index (χ4n) is 1.71. The summed E-state index contributed by atoms with van der Waals surface area (Å²) in [5.74, 6) is -1.28. The summed E-state index contributed by atoms with van der Waals surface area (Å²) in [6, 6.07) is 7.92. The maximum Gasteiger partial charge on any atom is 0.335 e. The van der Waals surface area contributed by atoms with Crippen LogP contribution in [0.15, 0.2) is 30.3 Å². The van der Waals surface area contributed by atoms with Crippen LogP contribution in [-0.2, 0) is 0 Å². The van der Waals surface area contributed by atoms with Gasteiger partial charge in [0.25, 0.3) is 5.91 Å². The third kappa shape index (κ3) is 2.90. The molecule has 1 amide bonds. The predicted molar refractivity (Wildman–Crippen MR) is 83.9 cm³/mol. The Bertz CT molecular complexity index is 856. The number of halogens is 1. The van der Waals surface area contributed by atoms with Crippen LogP contribution in [-0.4, -0.2) is 22.0 Å². The van der Waals surface area contributed by atoms with Gasteiger partial charge in [-0.15, -0.1) is 11.3 Å². The van der Waals surface area contributed by atoms with E-state index in [-0.39, 0.29) is 11.5 Å². The fraction of sp³-hybridized carbons (Fsp3) is 0. The van der Waals surface area contributed by atoms with Crippen LogP contribution in [0.25, 0.3) is 10.2 Å². The Morgan fingerprint density at radius 1 is 1.19 bits per heavy atom. The van der Waals surface area contributed by atoms with Crippen LogP contribution in [0.5, 0.6) is 0 Å². The molecule has 3 rings (SSSR count). The molecule has 1 aromatic carbocycles. The highest BCUT2D eigenvalue weighted by Gasteiger charge is 2.13. The maximum atomic E-state index is 12.0. The number of amides is 1. The molecule has 8 heteroatoms. The minimum Gasteiger partial charge on any atom is -0.478 e. The van der Waals surface area contributed by atoms with Crippen molar-refractivity contribution in [3.05, 3.63) is 45.1 Å². The maximum absolute atomic E-state index is 12.0. The molecule has 2 N–H and O–H groups in total. The van der Waals surface area contributed by atoms with E-state index >= 15 is 0 Å². The van der Waals surface area contributed by atoms with Gasteiger partial charge in [0.05, 0.1) is 25.0 Å². The van der Waals surface area contributed by atoms with Crippen LogP contribution in [0.1, 0.15) is 20.0 Å². The first-order valence-corrected chi connectivity index (χ1v) is 7.74. The van der Waals surface area contributed by atoms with Gasteiger partial charge in [0.1, 0.15) is 0 Å². The van der Waals surface area contributed by atoms with Crippen LogP contribution in [0.2, 0.25) is 4.34 Å². The number of aromatic carboxylic acids is 1. The topological polar surface area (TPSA) is 79.3 Å². The molecule has 0 aliphatic heterocycles. The van der Waals surface area contributed by atoms with Crippen LogP contribution in [0.4, 0.5) is 5.13 Å². The van der Waals surface area contributed by atoms with Gasteiger partial charge in [0.2, 0.25) is 0 Å². The zero-order chi connectivity index (χ0) is 15.0. The van der Waals surface area contributed by atoms with Gasteiger partial charge in [-0.3, -0.25) is 10.1 Å². The number of rotatable bonds is 3. The molecule has 5 nitrogen and oxygen atoms in total. The molecule has 21 heavy (non-hydrogen) atoms. The van der Waals surface area contributed by atoms with Gasteiger partial charge in [0, 0.05) is 0 Å². The summed E-state index contributed by atoms with van der Waals surface area (Å²) < 4.78 is 1.24. The molecule has 0 saturated heterocycles. The first-order chi connectivity index (χ1) is 10.0. The quantitative estimate of drug-likeness (QED) is 0.757.